The third-order valence-corrected chi connectivity index (χ3v) is 4.99. The van der Waals surface area contributed by atoms with Crippen LogP contribution in [0, 0.1) is 6.92 Å². The largest absolute Gasteiger partial charge is 0.338 e. The minimum absolute atomic E-state index is 0.0976. The maximum atomic E-state index is 12.8. The summed E-state index contributed by atoms with van der Waals surface area (Å²) >= 11 is 0. The second-order valence-corrected chi connectivity index (χ2v) is 7.59. The van der Waals surface area contributed by atoms with Crippen LogP contribution in [-0.2, 0) is 16.1 Å². The molecule has 0 aliphatic rings. The van der Waals surface area contributed by atoms with E-state index in [4.69, 9.17) is 0 Å². The van der Waals surface area contributed by atoms with Crippen molar-refractivity contribution >= 4 is 29.1 Å². The topological polar surface area (TPSA) is 78.5 Å². The number of anilines is 2. The predicted molar refractivity (Wildman–Crippen MR) is 126 cm³/mol. The minimum Gasteiger partial charge on any atom is -0.338 e. The Balaban J connectivity index is 1.62. The smallest absolute Gasteiger partial charge is 0.257 e. The van der Waals surface area contributed by atoms with Crippen LogP contribution in [0.3, 0.4) is 0 Å². The van der Waals surface area contributed by atoms with E-state index in [1.165, 1.54) is 6.92 Å². The van der Waals surface area contributed by atoms with Gasteiger partial charge in [-0.05, 0) is 42.3 Å². The zero-order valence-electron chi connectivity index (χ0n) is 18.3. The molecule has 6 heteroatoms. The van der Waals surface area contributed by atoms with E-state index in [9.17, 15) is 14.4 Å². The molecule has 0 bridgehead atoms. The number of para-hydroxylation sites is 1. The lowest BCUT2D eigenvalue weighted by Crippen LogP contribution is -2.31. The summed E-state index contributed by atoms with van der Waals surface area (Å²) in [5.41, 5.74) is 3.53. The quantitative estimate of drug-likeness (QED) is 0.548. The van der Waals surface area contributed by atoms with Gasteiger partial charge in [0.25, 0.3) is 5.91 Å². The van der Waals surface area contributed by atoms with Gasteiger partial charge in [-0.15, -0.1) is 0 Å². The Morgan fingerprint density at radius 2 is 1.56 bits per heavy atom. The Hall–Kier alpha value is -3.93. The summed E-state index contributed by atoms with van der Waals surface area (Å²) in [6.45, 7) is 4.17. The molecule has 32 heavy (non-hydrogen) atoms. The van der Waals surface area contributed by atoms with Gasteiger partial charge in [0.15, 0.2) is 0 Å². The lowest BCUT2D eigenvalue weighted by molar-refractivity contribution is -0.129. The summed E-state index contributed by atoms with van der Waals surface area (Å²) < 4.78 is 0. The summed E-state index contributed by atoms with van der Waals surface area (Å²) in [5.74, 6) is -0.666. The van der Waals surface area contributed by atoms with Crippen LogP contribution >= 0.6 is 0 Å². The van der Waals surface area contributed by atoms with Crippen LogP contribution in [0.15, 0.2) is 78.9 Å². The third-order valence-electron chi connectivity index (χ3n) is 4.99. The van der Waals surface area contributed by atoms with Crippen molar-refractivity contribution in [3.8, 4) is 0 Å². The molecule has 0 unspecified atom stereocenters. The standard InChI is InChI=1S/C26H27N3O3/c1-19-9-8-12-22(17-19)27-26(32)23-13-6-7-14-24(23)28-25(31)15-16-29(20(2)30)18-21-10-4-3-5-11-21/h3-14,17H,15-16,18H2,1-2H3,(H,27,32)(H,28,31). The molecule has 3 amide bonds. The summed E-state index contributed by atoms with van der Waals surface area (Å²) in [6.07, 6.45) is 0.125. The van der Waals surface area contributed by atoms with Crippen molar-refractivity contribution in [3.63, 3.8) is 0 Å². The molecule has 6 nitrogen and oxygen atoms in total. The Labute approximate surface area is 188 Å². The average Bonchev–Trinajstić information content (AvgIpc) is 2.77. The number of hydrogen-bond donors (Lipinski definition) is 2. The number of aryl methyl sites for hydroxylation is 1. The second-order valence-electron chi connectivity index (χ2n) is 7.59. The van der Waals surface area contributed by atoms with E-state index in [-0.39, 0.29) is 30.7 Å². The van der Waals surface area contributed by atoms with Gasteiger partial charge >= 0.3 is 0 Å². The fourth-order valence-corrected chi connectivity index (χ4v) is 3.31. The molecule has 0 heterocycles. The lowest BCUT2D eigenvalue weighted by atomic mass is 10.1. The molecule has 3 aromatic carbocycles. The first kappa shape index (κ1) is 22.7. The van der Waals surface area contributed by atoms with E-state index in [0.717, 1.165) is 11.1 Å². The molecule has 2 N–H and O–H groups in total. The number of amides is 3. The number of carbonyl (C=O) groups excluding carboxylic acids is 3. The molecule has 0 saturated carbocycles. The summed E-state index contributed by atoms with van der Waals surface area (Å²) in [5, 5.41) is 5.67. The predicted octanol–water partition coefficient (Wildman–Crippen LogP) is 4.62. The van der Waals surface area contributed by atoms with Crippen LogP contribution in [-0.4, -0.2) is 29.2 Å². The van der Waals surface area contributed by atoms with Crippen molar-refractivity contribution in [1.82, 2.24) is 4.90 Å². The molecule has 0 spiro atoms. The second kappa shape index (κ2) is 10.9. The van der Waals surface area contributed by atoms with Crippen LogP contribution in [0.1, 0.15) is 34.8 Å². The lowest BCUT2D eigenvalue weighted by Gasteiger charge is -2.21. The molecule has 0 aliphatic carbocycles. The van der Waals surface area contributed by atoms with Gasteiger partial charge < -0.3 is 15.5 Å². The number of nitrogens with one attached hydrogen (secondary N) is 2. The van der Waals surface area contributed by atoms with E-state index in [2.05, 4.69) is 10.6 Å². The molecular formula is C26H27N3O3. The molecule has 0 aromatic heterocycles. The number of carbonyl (C=O) groups is 3. The molecule has 0 atom stereocenters. The van der Waals surface area contributed by atoms with Crippen LogP contribution in [0.5, 0.6) is 0 Å². The fourth-order valence-electron chi connectivity index (χ4n) is 3.31. The maximum Gasteiger partial charge on any atom is 0.257 e. The summed E-state index contributed by atoms with van der Waals surface area (Å²) in [4.78, 5) is 39.0. The van der Waals surface area contributed by atoms with Gasteiger partial charge in [0.1, 0.15) is 0 Å². The monoisotopic (exact) mass is 429 g/mol. The highest BCUT2D eigenvalue weighted by Gasteiger charge is 2.15. The molecule has 3 aromatic rings. The number of rotatable bonds is 8. The average molecular weight is 430 g/mol. The Morgan fingerprint density at radius 3 is 2.28 bits per heavy atom. The molecular weight excluding hydrogens is 402 g/mol. The first-order valence-corrected chi connectivity index (χ1v) is 10.5. The van der Waals surface area contributed by atoms with E-state index in [1.54, 1.807) is 29.2 Å². The van der Waals surface area contributed by atoms with Crippen LogP contribution < -0.4 is 10.6 Å². The highest BCUT2D eigenvalue weighted by atomic mass is 16.2. The van der Waals surface area contributed by atoms with Gasteiger partial charge in [-0.1, -0.05) is 54.6 Å². The minimum atomic E-state index is -0.305. The van der Waals surface area contributed by atoms with Crippen molar-refractivity contribution < 1.29 is 14.4 Å². The zero-order chi connectivity index (χ0) is 22.9. The SMILES string of the molecule is CC(=O)N(CCC(=O)Nc1ccccc1C(=O)Nc1cccc(C)c1)Cc1ccccc1. The van der Waals surface area contributed by atoms with Gasteiger partial charge in [0.05, 0.1) is 11.3 Å². The van der Waals surface area contributed by atoms with Gasteiger partial charge in [-0.25, -0.2) is 0 Å². The van der Waals surface area contributed by atoms with Gasteiger partial charge in [-0.2, -0.15) is 0 Å². The van der Waals surface area contributed by atoms with E-state index in [1.807, 2.05) is 61.5 Å². The van der Waals surface area contributed by atoms with E-state index in [0.29, 0.717) is 23.5 Å². The molecule has 0 saturated heterocycles. The first-order chi connectivity index (χ1) is 15.4. The number of hydrogen-bond acceptors (Lipinski definition) is 3. The van der Waals surface area contributed by atoms with Crippen molar-refractivity contribution in [1.29, 1.82) is 0 Å². The van der Waals surface area contributed by atoms with Crippen molar-refractivity contribution in [2.75, 3.05) is 17.2 Å². The van der Waals surface area contributed by atoms with Gasteiger partial charge in [0.2, 0.25) is 11.8 Å². The number of benzene rings is 3. The van der Waals surface area contributed by atoms with Crippen LogP contribution in [0.25, 0.3) is 0 Å². The van der Waals surface area contributed by atoms with Crippen molar-refractivity contribution in [2.24, 2.45) is 0 Å². The highest BCUT2D eigenvalue weighted by molar-refractivity contribution is 6.10. The normalized spacial score (nSPS) is 10.3. The third kappa shape index (κ3) is 6.54. The van der Waals surface area contributed by atoms with Gasteiger partial charge in [-0.3, -0.25) is 14.4 Å². The molecule has 164 valence electrons. The maximum absolute atomic E-state index is 12.8. The molecule has 0 fully saturated rings. The molecule has 0 radical (unpaired) electrons. The summed E-state index contributed by atoms with van der Waals surface area (Å²) in [7, 11) is 0. The summed E-state index contributed by atoms with van der Waals surface area (Å²) in [6, 6.07) is 24.0. The Kier molecular flexibility index (Phi) is 7.75. The highest BCUT2D eigenvalue weighted by Crippen LogP contribution is 2.18. The molecule has 0 aliphatic heterocycles. The molecule has 3 rings (SSSR count). The Morgan fingerprint density at radius 1 is 0.844 bits per heavy atom. The van der Waals surface area contributed by atoms with Crippen LogP contribution in [0.4, 0.5) is 11.4 Å². The van der Waals surface area contributed by atoms with E-state index >= 15 is 0 Å². The van der Waals surface area contributed by atoms with Crippen molar-refractivity contribution in [2.45, 2.75) is 26.8 Å². The zero-order valence-corrected chi connectivity index (χ0v) is 18.3. The van der Waals surface area contributed by atoms with Crippen LogP contribution in [0.2, 0.25) is 0 Å². The fraction of sp³-hybridized carbons (Fsp3) is 0.192. The number of nitrogens with zero attached hydrogens (tertiary/aromatic N) is 1. The van der Waals surface area contributed by atoms with Crippen molar-refractivity contribution in [3.05, 3.63) is 95.6 Å². The van der Waals surface area contributed by atoms with E-state index < -0.39 is 0 Å². The first-order valence-electron chi connectivity index (χ1n) is 10.5. The van der Waals surface area contributed by atoms with Gasteiger partial charge in [0, 0.05) is 32.1 Å². The Bertz CT molecular complexity index is 1100.